The summed E-state index contributed by atoms with van der Waals surface area (Å²) in [6.45, 7) is 4.29. The van der Waals surface area contributed by atoms with Crippen molar-refractivity contribution in [1.29, 1.82) is 0 Å². The second-order valence-corrected chi connectivity index (χ2v) is 17.7. The number of aldehydes is 1. The van der Waals surface area contributed by atoms with Crippen LogP contribution < -0.4 is 15.5 Å². The molecule has 61 heavy (non-hydrogen) atoms. The number of aryl methyl sites for hydroxylation is 1. The minimum Gasteiger partial charge on any atom is -0.508 e. The third-order valence-electron chi connectivity index (χ3n) is 11.7. The van der Waals surface area contributed by atoms with Gasteiger partial charge in [0, 0.05) is 30.8 Å². The van der Waals surface area contributed by atoms with Gasteiger partial charge in [0.1, 0.15) is 41.6 Å². The maximum absolute atomic E-state index is 13.5. The molecule has 322 valence electrons. The summed E-state index contributed by atoms with van der Waals surface area (Å²) in [7, 11) is 2.64. The molecule has 2 aliphatic rings. The first-order chi connectivity index (χ1) is 29.4. The van der Waals surface area contributed by atoms with E-state index in [1.165, 1.54) is 63.7 Å². The number of hydrogen-bond donors (Lipinski definition) is 7. The number of aromatic hydroxyl groups is 1. The molecule has 9 atom stereocenters. The molecule has 2 saturated heterocycles. The monoisotopic (exact) mass is 872 g/mol. The van der Waals surface area contributed by atoms with Crippen molar-refractivity contribution in [3.63, 3.8) is 0 Å². The van der Waals surface area contributed by atoms with Gasteiger partial charge in [-0.05, 0) is 83.2 Å². The van der Waals surface area contributed by atoms with Gasteiger partial charge in [0.2, 0.25) is 11.9 Å². The molecule has 2 aromatic heterocycles. The van der Waals surface area contributed by atoms with Crippen molar-refractivity contribution in [3.05, 3.63) is 124 Å². The molecule has 0 bridgehead atoms. The number of allylic oxidation sites excluding steroid dienone is 1. The summed E-state index contributed by atoms with van der Waals surface area (Å²) in [6.07, 6.45) is 2.11. The molecule has 7 N–H and O–H groups in total. The third-order valence-corrected chi connectivity index (χ3v) is 13.8. The molecule has 2 aliphatic heterocycles. The van der Waals surface area contributed by atoms with Crippen LogP contribution in [0.1, 0.15) is 42.9 Å². The van der Waals surface area contributed by atoms with E-state index in [4.69, 9.17) is 18.6 Å². The lowest BCUT2D eigenvalue weighted by Gasteiger charge is -2.55. The summed E-state index contributed by atoms with van der Waals surface area (Å²) < 4.78 is 23.7. The maximum Gasteiger partial charge on any atom is 0.335 e. The van der Waals surface area contributed by atoms with Gasteiger partial charge in [-0.25, -0.2) is 4.79 Å². The molecule has 5 aromatic rings. The van der Waals surface area contributed by atoms with Crippen molar-refractivity contribution in [3.8, 4) is 22.6 Å². The number of aliphatic hydroxyl groups excluding tert-OH is 2. The van der Waals surface area contributed by atoms with Gasteiger partial charge < -0.3 is 49.1 Å². The van der Waals surface area contributed by atoms with Crippen LogP contribution in [0, 0.1) is 11.8 Å². The Morgan fingerprint density at radius 1 is 1.08 bits per heavy atom. The van der Waals surface area contributed by atoms with Crippen molar-refractivity contribution in [2.75, 3.05) is 18.2 Å². The lowest BCUT2D eigenvalue weighted by Crippen LogP contribution is -2.82. The van der Waals surface area contributed by atoms with E-state index in [2.05, 4.69) is 48.4 Å². The van der Waals surface area contributed by atoms with Crippen LogP contribution in [0.25, 0.3) is 28.2 Å². The van der Waals surface area contributed by atoms with Gasteiger partial charge >= 0.3 is 5.97 Å². The summed E-state index contributed by atoms with van der Waals surface area (Å²) in [6, 6.07) is 20.2. The lowest BCUT2D eigenvalue weighted by atomic mass is 9.72. The number of aliphatic carboxylic acids is 1. The maximum atomic E-state index is 13.5. The normalized spacial score (nSPS) is 28.0. The molecule has 0 spiro atoms. The zero-order chi connectivity index (χ0) is 43.3. The molecule has 0 aliphatic carbocycles. The molecule has 0 amide bonds. The number of carbonyl (C=O) groups excluding carboxylic acids is 1. The van der Waals surface area contributed by atoms with Crippen LogP contribution in [0.4, 0.5) is 0 Å². The number of ether oxygens (including phenoxy) is 3. The van der Waals surface area contributed by atoms with Crippen molar-refractivity contribution >= 4 is 50.9 Å². The standard InChI is InChI=1S/C45H48N2O12S2/c1-3-27-8-4-5-9-28(27)10-6-7-26(2)34-21-47-42(54)45(55)43(58-32-15-16-33-37(19-32)56-22-35(38(33)50)29-11-13-31(49)14-12-29)59-39(41(52)53)40(51)44(45,24-48)57-25-61-60-23-36(34)30-17-18-46-20-30/h4-6,8-20,22,24,26,34,36,39-40,42-43,46-47,49,51,54-55H,3,7,21,23,25H2,1-2H3,(H,52,53)/b10-6+/t26-,34-,36-,39-,40+,42+,43+,44-,45-/m0/s1. The Morgan fingerprint density at radius 2 is 1.87 bits per heavy atom. The molecular weight excluding hydrogens is 825 g/mol. The van der Waals surface area contributed by atoms with E-state index in [-0.39, 0.29) is 64.6 Å². The Kier molecular flexibility index (Phi) is 13.8. The van der Waals surface area contributed by atoms with Gasteiger partial charge in [0.05, 0.1) is 10.9 Å². The molecule has 4 heterocycles. The predicted octanol–water partition coefficient (Wildman–Crippen LogP) is 5.69. The molecule has 0 saturated carbocycles. The Bertz CT molecular complexity index is 2390. The van der Waals surface area contributed by atoms with E-state index >= 15 is 0 Å². The number of benzene rings is 3. The highest BCUT2D eigenvalue weighted by molar-refractivity contribution is 8.76. The largest absolute Gasteiger partial charge is 0.508 e. The molecule has 16 heteroatoms. The van der Waals surface area contributed by atoms with Crippen LogP contribution in [-0.2, 0) is 25.5 Å². The first kappa shape index (κ1) is 44.2. The zero-order valence-corrected chi connectivity index (χ0v) is 35.0. The lowest BCUT2D eigenvalue weighted by molar-refractivity contribution is -0.364. The van der Waals surface area contributed by atoms with E-state index in [1.807, 2.05) is 30.6 Å². The molecule has 0 radical (unpaired) electrons. The van der Waals surface area contributed by atoms with Gasteiger partial charge in [-0.3, -0.25) is 14.9 Å². The minimum absolute atomic E-state index is 0.00153. The number of rotatable bonds is 11. The Hall–Kier alpha value is -4.91. The van der Waals surface area contributed by atoms with Crippen LogP contribution in [0.5, 0.6) is 11.5 Å². The van der Waals surface area contributed by atoms with Crippen LogP contribution in [-0.4, -0.2) is 96.9 Å². The number of carboxylic acid groups (broad SMARTS) is 1. The van der Waals surface area contributed by atoms with Crippen LogP contribution >= 0.6 is 21.6 Å². The van der Waals surface area contributed by atoms with E-state index in [1.54, 1.807) is 12.1 Å². The highest BCUT2D eigenvalue weighted by Crippen LogP contribution is 2.46. The molecule has 7 rings (SSSR count). The molecule has 2 fully saturated rings. The van der Waals surface area contributed by atoms with Crippen molar-refractivity contribution in [1.82, 2.24) is 10.3 Å². The Balaban J connectivity index is 1.24. The summed E-state index contributed by atoms with van der Waals surface area (Å²) >= 11 is 0. The van der Waals surface area contributed by atoms with Crippen LogP contribution in [0.3, 0.4) is 0 Å². The van der Waals surface area contributed by atoms with Gasteiger partial charge in [-0.15, -0.1) is 0 Å². The van der Waals surface area contributed by atoms with Crippen LogP contribution in [0.2, 0.25) is 0 Å². The minimum atomic E-state index is -3.00. The number of nitrogens with one attached hydrogen (secondary N) is 2. The SMILES string of the molecule is CCc1ccccc1/C=C/C[C@H](C)[C@@H]1CN[C@H](O)[C@]2(O)[C@H](Oc3ccc4c(=O)c(-c5ccc(O)cc5)coc4c3)O[C@H](C(=O)O)[C@@H](O)[C@]2(C=O)OCSSC[C@H]1c1cc[nH]c1. The number of aliphatic hydroxyl groups is 3. The highest BCUT2D eigenvalue weighted by Gasteiger charge is 2.72. The van der Waals surface area contributed by atoms with E-state index in [9.17, 15) is 39.9 Å². The summed E-state index contributed by atoms with van der Waals surface area (Å²) in [5.41, 5.74) is -2.05. The van der Waals surface area contributed by atoms with Gasteiger partial charge in [-0.2, -0.15) is 0 Å². The fraction of sp³-hybridized carbons (Fsp3) is 0.356. The average molecular weight is 873 g/mol. The topological polar surface area (TPSA) is 221 Å². The summed E-state index contributed by atoms with van der Waals surface area (Å²) in [5.74, 6) is -1.76. The molecule has 3 aromatic carbocycles. The number of carbonyl (C=O) groups is 2. The number of phenolic OH excluding ortho intramolecular Hbond substituents is 1. The molecule has 14 nitrogen and oxygen atoms in total. The van der Waals surface area contributed by atoms with Gasteiger partial charge in [0.25, 0.3) is 0 Å². The fourth-order valence-corrected chi connectivity index (χ4v) is 10.3. The number of hydrogen-bond acceptors (Lipinski definition) is 14. The average Bonchev–Trinajstić information content (AvgIpc) is 3.80. The Morgan fingerprint density at radius 3 is 2.59 bits per heavy atom. The number of aromatic nitrogens is 1. The predicted molar refractivity (Wildman–Crippen MR) is 232 cm³/mol. The second kappa shape index (κ2) is 19.0. The van der Waals surface area contributed by atoms with Crippen LogP contribution in [0.15, 0.2) is 107 Å². The third kappa shape index (κ3) is 8.77. The zero-order valence-electron chi connectivity index (χ0n) is 33.4. The smallest absolute Gasteiger partial charge is 0.335 e. The fourth-order valence-electron chi connectivity index (χ4n) is 8.21. The number of phenols is 1. The van der Waals surface area contributed by atoms with Crippen molar-refractivity contribution in [2.45, 2.75) is 68.5 Å². The first-order valence-electron chi connectivity index (χ1n) is 19.8. The van der Waals surface area contributed by atoms with Gasteiger partial charge in [0.15, 0.2) is 23.4 Å². The first-order valence-corrected chi connectivity index (χ1v) is 22.3. The van der Waals surface area contributed by atoms with E-state index < -0.39 is 47.3 Å². The number of carboxylic acids is 1. The van der Waals surface area contributed by atoms with E-state index in [0.29, 0.717) is 17.7 Å². The summed E-state index contributed by atoms with van der Waals surface area (Å²) in [4.78, 5) is 42.5. The highest BCUT2D eigenvalue weighted by atomic mass is 33.1. The quantitative estimate of drug-likeness (QED) is 0.0626. The van der Waals surface area contributed by atoms with Crippen molar-refractivity contribution < 1.29 is 53.7 Å². The van der Waals surface area contributed by atoms with Gasteiger partial charge in [-0.1, -0.05) is 84.0 Å². The summed E-state index contributed by atoms with van der Waals surface area (Å²) in [5, 5.41) is 59.6. The number of H-pyrrole nitrogens is 1. The van der Waals surface area contributed by atoms with Crippen molar-refractivity contribution in [2.24, 2.45) is 11.8 Å². The van der Waals surface area contributed by atoms with E-state index in [0.717, 1.165) is 17.5 Å². The molecular formula is C45H48N2O12S2. The second-order valence-electron chi connectivity index (χ2n) is 15.3. The Labute approximate surface area is 359 Å². The molecule has 0 unspecified atom stereocenters. The number of aromatic amines is 1. The number of fused-ring (bicyclic) bond motifs is 2.